The summed E-state index contributed by atoms with van der Waals surface area (Å²) in [7, 11) is 0. The van der Waals surface area contributed by atoms with Crippen molar-refractivity contribution in [3.05, 3.63) is 21.8 Å². The van der Waals surface area contributed by atoms with Crippen LogP contribution in [0.2, 0.25) is 0 Å². The number of amides is 3. The van der Waals surface area contributed by atoms with Gasteiger partial charge < -0.3 is 31.1 Å². The lowest BCUT2D eigenvalue weighted by Gasteiger charge is -2.34. The predicted octanol–water partition coefficient (Wildman–Crippen LogP) is -0.905. The van der Waals surface area contributed by atoms with E-state index in [2.05, 4.69) is 0 Å². The van der Waals surface area contributed by atoms with Gasteiger partial charge in [-0.25, -0.2) is 0 Å². The van der Waals surface area contributed by atoms with Crippen molar-refractivity contribution in [1.29, 1.82) is 0 Å². The number of halogens is 3. The van der Waals surface area contributed by atoms with Crippen LogP contribution in [0.25, 0.3) is 0 Å². The Bertz CT molecular complexity index is 809. The molecule has 1 aliphatic rings. The van der Waals surface area contributed by atoms with E-state index in [0.29, 0.717) is 10.7 Å². The SMILES string of the molecule is NCC(=O)N(CC(O)CO)c1c(I)c2c(I)c(c1I)C(=O)N(CC(O)CO)C2=O. The summed E-state index contributed by atoms with van der Waals surface area (Å²) >= 11 is 5.65. The minimum Gasteiger partial charge on any atom is -0.394 e. The zero-order valence-corrected chi connectivity index (χ0v) is 21.3. The first-order valence-electron chi connectivity index (χ1n) is 8.25. The van der Waals surface area contributed by atoms with Crippen molar-refractivity contribution < 1.29 is 34.8 Å². The van der Waals surface area contributed by atoms with Gasteiger partial charge in [-0.15, -0.1) is 0 Å². The van der Waals surface area contributed by atoms with E-state index < -0.39 is 43.1 Å². The van der Waals surface area contributed by atoms with Crippen molar-refractivity contribution in [2.45, 2.75) is 12.2 Å². The van der Waals surface area contributed by atoms with E-state index >= 15 is 0 Å². The lowest BCUT2D eigenvalue weighted by atomic mass is 10.0. The van der Waals surface area contributed by atoms with Crippen LogP contribution in [0.1, 0.15) is 20.7 Å². The number of rotatable bonds is 8. The fourth-order valence-electron chi connectivity index (χ4n) is 2.76. The number of carbonyl (C=O) groups is 3. The topological polar surface area (TPSA) is 165 Å². The monoisotopic (exact) mass is 745 g/mol. The van der Waals surface area contributed by atoms with Crippen LogP contribution in [0, 0.1) is 10.7 Å². The second-order valence-corrected chi connectivity index (χ2v) is 9.38. The average molecular weight is 745 g/mol. The van der Waals surface area contributed by atoms with Crippen LogP contribution in [0.3, 0.4) is 0 Å². The summed E-state index contributed by atoms with van der Waals surface area (Å²) in [5.41, 5.74) is 6.10. The van der Waals surface area contributed by atoms with Crippen LogP contribution < -0.4 is 10.6 Å². The molecule has 1 heterocycles. The Morgan fingerprint density at radius 1 is 0.966 bits per heavy atom. The molecule has 160 valence electrons. The molecule has 1 aromatic rings. The van der Waals surface area contributed by atoms with Crippen molar-refractivity contribution >= 4 is 91.2 Å². The summed E-state index contributed by atoms with van der Waals surface area (Å²) in [6, 6.07) is 0. The second kappa shape index (κ2) is 10.4. The van der Waals surface area contributed by atoms with E-state index in [1.165, 1.54) is 0 Å². The second-order valence-electron chi connectivity index (χ2n) is 6.14. The number of nitrogens with zero attached hydrogens (tertiary/aromatic N) is 2. The summed E-state index contributed by atoms with van der Waals surface area (Å²) in [6.45, 7) is -2.22. The molecular formula is C16H18I3N3O7. The minimum absolute atomic E-state index is 0.176. The molecule has 10 nitrogen and oxygen atoms in total. The van der Waals surface area contributed by atoms with Crippen LogP contribution in [0.4, 0.5) is 5.69 Å². The zero-order valence-electron chi connectivity index (χ0n) is 14.8. The van der Waals surface area contributed by atoms with E-state index in [1.807, 2.05) is 67.8 Å². The highest BCUT2D eigenvalue weighted by Crippen LogP contribution is 2.41. The van der Waals surface area contributed by atoms with Gasteiger partial charge in [-0.3, -0.25) is 19.3 Å². The third kappa shape index (κ3) is 4.85. The van der Waals surface area contributed by atoms with Crippen molar-refractivity contribution in [3.63, 3.8) is 0 Å². The summed E-state index contributed by atoms with van der Waals surface area (Å²) in [5.74, 6) is -1.88. The maximum Gasteiger partial charge on any atom is 0.263 e. The predicted molar refractivity (Wildman–Crippen MR) is 128 cm³/mol. The Kier molecular flexibility index (Phi) is 9.01. The highest BCUT2D eigenvalue weighted by Gasteiger charge is 2.41. The van der Waals surface area contributed by atoms with E-state index in [0.717, 1.165) is 9.80 Å². The Labute approximate surface area is 206 Å². The number of nitrogens with two attached hydrogens (primary N) is 1. The molecule has 0 saturated heterocycles. The molecule has 2 atom stereocenters. The molecular weight excluding hydrogens is 727 g/mol. The number of aliphatic hydroxyl groups is 4. The quantitative estimate of drug-likeness (QED) is 0.169. The molecule has 13 heteroatoms. The number of β-amino-alcohol motifs (C(OH)–C–C–N with tert-alkyl or cyclic N) is 1. The van der Waals surface area contributed by atoms with Crippen molar-refractivity contribution in [1.82, 2.24) is 4.90 Å². The average Bonchev–Trinajstić information content (AvgIpc) is 2.68. The van der Waals surface area contributed by atoms with E-state index in [-0.39, 0.29) is 36.4 Å². The number of benzene rings is 1. The summed E-state index contributed by atoms with van der Waals surface area (Å²) in [5, 5.41) is 37.8. The van der Waals surface area contributed by atoms with Crippen LogP contribution >= 0.6 is 67.8 Å². The molecule has 3 amide bonds. The van der Waals surface area contributed by atoms with Gasteiger partial charge in [0.1, 0.15) is 0 Å². The molecule has 2 unspecified atom stereocenters. The lowest BCUT2D eigenvalue weighted by molar-refractivity contribution is -0.117. The number of hydrogen-bond donors (Lipinski definition) is 5. The summed E-state index contributed by atoms with van der Waals surface area (Å²) in [6.07, 6.45) is -2.52. The molecule has 0 fully saturated rings. The summed E-state index contributed by atoms with van der Waals surface area (Å²) in [4.78, 5) is 40.4. The van der Waals surface area contributed by atoms with Crippen molar-refractivity contribution in [2.24, 2.45) is 5.73 Å². The third-order valence-electron chi connectivity index (χ3n) is 4.17. The molecule has 2 rings (SSSR count). The number of hydrogen-bond acceptors (Lipinski definition) is 8. The first kappa shape index (κ1) is 25.1. The van der Waals surface area contributed by atoms with Gasteiger partial charge in [0.25, 0.3) is 11.8 Å². The maximum atomic E-state index is 13.0. The molecule has 1 aromatic carbocycles. The van der Waals surface area contributed by atoms with E-state index in [9.17, 15) is 29.7 Å². The molecule has 1 aliphatic heterocycles. The number of aliphatic hydroxyl groups excluding tert-OH is 4. The van der Waals surface area contributed by atoms with Gasteiger partial charge in [-0.1, -0.05) is 0 Å². The Balaban J connectivity index is 2.69. The first-order valence-corrected chi connectivity index (χ1v) is 11.5. The van der Waals surface area contributed by atoms with E-state index in [1.54, 1.807) is 0 Å². The molecule has 2 bridgehead atoms. The number of carbonyl (C=O) groups excluding carboxylic acids is 3. The Morgan fingerprint density at radius 2 is 1.45 bits per heavy atom. The number of anilines is 1. The molecule has 6 N–H and O–H groups in total. The van der Waals surface area contributed by atoms with E-state index in [4.69, 9.17) is 10.8 Å². The highest BCUT2D eigenvalue weighted by molar-refractivity contribution is 14.1. The molecule has 0 aromatic heterocycles. The molecule has 29 heavy (non-hydrogen) atoms. The van der Waals surface area contributed by atoms with Gasteiger partial charge in [0.15, 0.2) is 0 Å². The van der Waals surface area contributed by atoms with Gasteiger partial charge in [-0.2, -0.15) is 0 Å². The fraction of sp³-hybridized carbons (Fsp3) is 0.438. The zero-order chi connectivity index (χ0) is 22.0. The smallest absolute Gasteiger partial charge is 0.263 e. The summed E-state index contributed by atoms with van der Waals surface area (Å²) < 4.78 is 1.15. The Morgan fingerprint density at radius 3 is 1.86 bits per heavy atom. The van der Waals surface area contributed by atoms with Gasteiger partial charge in [-0.05, 0) is 67.8 Å². The molecule has 0 radical (unpaired) electrons. The fourth-order valence-corrected chi connectivity index (χ4v) is 7.43. The molecule has 0 saturated carbocycles. The van der Waals surface area contributed by atoms with Gasteiger partial charge in [0.05, 0.1) is 69.0 Å². The van der Waals surface area contributed by atoms with Crippen molar-refractivity contribution in [2.75, 3.05) is 37.7 Å². The number of fused-ring (bicyclic) bond motifs is 2. The number of imide groups is 1. The first-order chi connectivity index (χ1) is 13.6. The van der Waals surface area contributed by atoms with Gasteiger partial charge in [0, 0.05) is 3.57 Å². The van der Waals surface area contributed by atoms with Crippen LogP contribution in [0.5, 0.6) is 0 Å². The lowest BCUT2D eigenvalue weighted by Crippen LogP contribution is -2.48. The largest absolute Gasteiger partial charge is 0.394 e. The van der Waals surface area contributed by atoms with Crippen molar-refractivity contribution in [3.8, 4) is 0 Å². The Hall–Kier alpha value is -0.180. The van der Waals surface area contributed by atoms with Crippen LogP contribution in [0.15, 0.2) is 0 Å². The third-order valence-corrected chi connectivity index (χ3v) is 7.34. The van der Waals surface area contributed by atoms with Gasteiger partial charge in [0.2, 0.25) is 5.91 Å². The molecule has 0 aliphatic carbocycles. The standard InChI is InChI=1S/C16H18I3N3O7/c17-11-9-12(18)14(21(8(27)1-20)2-6(25)4-23)13(19)10(11)16(29)22(15(9)28)3-7(26)5-24/h6-7,23-26H,1-5,20H2. The highest BCUT2D eigenvalue weighted by atomic mass is 127. The normalized spacial score (nSPS) is 15.5. The van der Waals surface area contributed by atoms with Crippen LogP contribution in [-0.4, -0.2) is 88.1 Å². The van der Waals surface area contributed by atoms with Crippen LogP contribution in [-0.2, 0) is 4.79 Å². The van der Waals surface area contributed by atoms with Gasteiger partial charge >= 0.3 is 0 Å². The molecule has 0 spiro atoms. The maximum absolute atomic E-state index is 13.0. The minimum atomic E-state index is -1.28.